The summed E-state index contributed by atoms with van der Waals surface area (Å²) in [5.74, 6) is -0.235. The minimum absolute atomic E-state index is 0.0156. The molecule has 0 saturated carbocycles. The smallest absolute Gasteiger partial charge is 0.123 e. The van der Waals surface area contributed by atoms with E-state index in [4.69, 9.17) is 5.73 Å². The Balaban J connectivity index is 2.57. The molecule has 1 unspecified atom stereocenters. The van der Waals surface area contributed by atoms with Crippen LogP contribution in [-0.2, 0) is 12.8 Å². The summed E-state index contributed by atoms with van der Waals surface area (Å²) in [7, 11) is 0. The lowest BCUT2D eigenvalue weighted by Crippen LogP contribution is -2.19. The molecule has 0 aliphatic heterocycles. The van der Waals surface area contributed by atoms with Crippen molar-refractivity contribution in [3.8, 4) is 5.69 Å². The Morgan fingerprint density at radius 3 is 2.60 bits per heavy atom. The van der Waals surface area contributed by atoms with Crippen LogP contribution in [0.1, 0.15) is 36.4 Å². The molecule has 0 radical (unpaired) electrons. The van der Waals surface area contributed by atoms with Gasteiger partial charge in [-0.15, -0.1) is 0 Å². The maximum absolute atomic E-state index is 13.5. The molecule has 1 heterocycles. The number of halogens is 1. The molecule has 2 N–H and O–H groups in total. The molecular weight excluding hydrogens is 253 g/mol. The van der Waals surface area contributed by atoms with Gasteiger partial charge in [-0.05, 0) is 62.9 Å². The SMILES string of the molecule is CCc1c(C)nn(-c2ccc(F)cc2CC(C)N)c1C. The zero-order valence-electron chi connectivity index (χ0n) is 12.6. The average molecular weight is 275 g/mol. The quantitative estimate of drug-likeness (QED) is 0.932. The molecule has 0 aliphatic carbocycles. The van der Waals surface area contributed by atoms with Crippen molar-refractivity contribution >= 4 is 0 Å². The molecule has 1 aromatic carbocycles. The highest BCUT2D eigenvalue weighted by molar-refractivity contribution is 5.44. The first kappa shape index (κ1) is 14.7. The van der Waals surface area contributed by atoms with Crippen LogP contribution < -0.4 is 5.73 Å². The first-order valence-corrected chi connectivity index (χ1v) is 7.03. The van der Waals surface area contributed by atoms with E-state index in [1.54, 1.807) is 12.1 Å². The summed E-state index contributed by atoms with van der Waals surface area (Å²) in [5, 5.41) is 4.60. The molecule has 0 aliphatic rings. The summed E-state index contributed by atoms with van der Waals surface area (Å²) < 4.78 is 15.4. The fraction of sp³-hybridized carbons (Fsp3) is 0.438. The Bertz CT molecular complexity index is 614. The number of rotatable bonds is 4. The van der Waals surface area contributed by atoms with Gasteiger partial charge in [0.05, 0.1) is 11.4 Å². The minimum atomic E-state index is -0.235. The summed E-state index contributed by atoms with van der Waals surface area (Å²) in [6.45, 7) is 8.11. The van der Waals surface area contributed by atoms with E-state index in [1.807, 2.05) is 18.5 Å². The second kappa shape index (κ2) is 5.75. The van der Waals surface area contributed by atoms with Gasteiger partial charge in [-0.25, -0.2) is 9.07 Å². The van der Waals surface area contributed by atoms with Crippen LogP contribution in [-0.4, -0.2) is 15.8 Å². The number of benzene rings is 1. The van der Waals surface area contributed by atoms with Crippen molar-refractivity contribution in [3.63, 3.8) is 0 Å². The van der Waals surface area contributed by atoms with E-state index >= 15 is 0 Å². The van der Waals surface area contributed by atoms with E-state index in [1.165, 1.54) is 11.6 Å². The highest BCUT2D eigenvalue weighted by atomic mass is 19.1. The second-order valence-corrected chi connectivity index (χ2v) is 5.37. The van der Waals surface area contributed by atoms with Crippen LogP contribution >= 0.6 is 0 Å². The van der Waals surface area contributed by atoms with Crippen LogP contribution in [0.4, 0.5) is 4.39 Å². The third kappa shape index (κ3) is 2.75. The van der Waals surface area contributed by atoms with Crippen molar-refractivity contribution in [3.05, 3.63) is 46.5 Å². The van der Waals surface area contributed by atoms with Crippen molar-refractivity contribution in [1.29, 1.82) is 0 Å². The van der Waals surface area contributed by atoms with Crippen LogP contribution in [0.5, 0.6) is 0 Å². The van der Waals surface area contributed by atoms with Crippen LogP contribution in [0.25, 0.3) is 5.69 Å². The minimum Gasteiger partial charge on any atom is -0.328 e. The zero-order valence-corrected chi connectivity index (χ0v) is 12.6. The lowest BCUT2D eigenvalue weighted by molar-refractivity contribution is 0.620. The topological polar surface area (TPSA) is 43.8 Å². The van der Waals surface area contributed by atoms with E-state index < -0.39 is 0 Å². The van der Waals surface area contributed by atoms with Gasteiger partial charge < -0.3 is 5.73 Å². The van der Waals surface area contributed by atoms with Gasteiger partial charge in [0.25, 0.3) is 0 Å². The van der Waals surface area contributed by atoms with E-state index in [9.17, 15) is 4.39 Å². The summed E-state index contributed by atoms with van der Waals surface area (Å²) in [6.07, 6.45) is 1.58. The first-order chi connectivity index (χ1) is 9.43. The van der Waals surface area contributed by atoms with Gasteiger partial charge in [0.15, 0.2) is 0 Å². The number of nitrogens with zero attached hydrogens (tertiary/aromatic N) is 2. The maximum atomic E-state index is 13.5. The van der Waals surface area contributed by atoms with Crippen molar-refractivity contribution in [2.75, 3.05) is 0 Å². The molecule has 1 atom stereocenters. The second-order valence-electron chi connectivity index (χ2n) is 5.37. The third-order valence-electron chi connectivity index (χ3n) is 3.61. The molecule has 0 amide bonds. The van der Waals surface area contributed by atoms with Gasteiger partial charge in [0.2, 0.25) is 0 Å². The standard InChI is InChI=1S/C16H22FN3/c1-5-15-11(3)19-20(12(15)4)16-7-6-14(17)9-13(16)8-10(2)18/h6-7,9-10H,5,8,18H2,1-4H3. The number of aryl methyl sites for hydroxylation is 1. The Morgan fingerprint density at radius 1 is 1.35 bits per heavy atom. The highest BCUT2D eigenvalue weighted by Gasteiger charge is 2.15. The molecule has 0 fully saturated rings. The normalized spacial score (nSPS) is 12.7. The van der Waals surface area contributed by atoms with Crippen molar-refractivity contribution < 1.29 is 4.39 Å². The van der Waals surface area contributed by atoms with E-state index in [0.717, 1.165) is 29.1 Å². The lowest BCUT2D eigenvalue weighted by Gasteiger charge is -2.13. The Hall–Kier alpha value is -1.68. The monoisotopic (exact) mass is 275 g/mol. The van der Waals surface area contributed by atoms with Gasteiger partial charge >= 0.3 is 0 Å². The molecule has 2 aromatic rings. The molecule has 3 nitrogen and oxygen atoms in total. The predicted octanol–water partition coefficient (Wildman–Crippen LogP) is 3.08. The Labute approximate surface area is 119 Å². The highest BCUT2D eigenvalue weighted by Crippen LogP contribution is 2.22. The molecular formula is C16H22FN3. The molecule has 1 aromatic heterocycles. The molecule has 0 saturated heterocycles. The summed E-state index contributed by atoms with van der Waals surface area (Å²) in [4.78, 5) is 0. The average Bonchev–Trinajstić information content (AvgIpc) is 2.64. The summed E-state index contributed by atoms with van der Waals surface area (Å²) in [6, 6.07) is 4.80. The molecule has 0 bridgehead atoms. The third-order valence-corrected chi connectivity index (χ3v) is 3.61. The fourth-order valence-electron chi connectivity index (χ4n) is 2.69. The van der Waals surface area contributed by atoms with Gasteiger partial charge in [-0.3, -0.25) is 0 Å². The lowest BCUT2D eigenvalue weighted by atomic mass is 10.0. The van der Waals surface area contributed by atoms with E-state index in [-0.39, 0.29) is 11.9 Å². The zero-order chi connectivity index (χ0) is 14.9. The van der Waals surface area contributed by atoms with Gasteiger partial charge in [-0.1, -0.05) is 6.92 Å². The molecule has 2 rings (SSSR count). The van der Waals surface area contributed by atoms with Crippen molar-refractivity contribution in [1.82, 2.24) is 9.78 Å². The van der Waals surface area contributed by atoms with Crippen LogP contribution in [0, 0.1) is 19.7 Å². The van der Waals surface area contributed by atoms with E-state index in [0.29, 0.717) is 6.42 Å². The van der Waals surface area contributed by atoms with E-state index in [2.05, 4.69) is 18.9 Å². The Morgan fingerprint density at radius 2 is 2.05 bits per heavy atom. The number of aromatic nitrogens is 2. The fourth-order valence-corrected chi connectivity index (χ4v) is 2.69. The number of hydrogen-bond donors (Lipinski definition) is 1. The maximum Gasteiger partial charge on any atom is 0.123 e. The molecule has 20 heavy (non-hydrogen) atoms. The molecule has 0 spiro atoms. The van der Waals surface area contributed by atoms with Gasteiger partial charge in [0, 0.05) is 11.7 Å². The number of hydrogen-bond acceptors (Lipinski definition) is 2. The van der Waals surface area contributed by atoms with Crippen molar-refractivity contribution in [2.24, 2.45) is 5.73 Å². The van der Waals surface area contributed by atoms with Gasteiger partial charge in [0.1, 0.15) is 5.82 Å². The van der Waals surface area contributed by atoms with Crippen LogP contribution in [0.2, 0.25) is 0 Å². The van der Waals surface area contributed by atoms with Crippen LogP contribution in [0.3, 0.4) is 0 Å². The Kier molecular flexibility index (Phi) is 4.23. The summed E-state index contributed by atoms with van der Waals surface area (Å²) in [5.41, 5.74) is 11.1. The number of nitrogens with two attached hydrogens (primary N) is 1. The largest absolute Gasteiger partial charge is 0.328 e. The summed E-state index contributed by atoms with van der Waals surface area (Å²) >= 11 is 0. The predicted molar refractivity (Wildman–Crippen MR) is 79.7 cm³/mol. The first-order valence-electron chi connectivity index (χ1n) is 7.03. The van der Waals surface area contributed by atoms with Crippen LogP contribution in [0.15, 0.2) is 18.2 Å². The molecule has 108 valence electrons. The van der Waals surface area contributed by atoms with Gasteiger partial charge in [-0.2, -0.15) is 5.10 Å². The van der Waals surface area contributed by atoms with Crippen molar-refractivity contribution in [2.45, 2.75) is 46.6 Å². The molecule has 4 heteroatoms.